The van der Waals surface area contributed by atoms with Gasteiger partial charge in [0.1, 0.15) is 17.8 Å². The van der Waals surface area contributed by atoms with Gasteiger partial charge >= 0.3 is 0 Å². The molecule has 1 aliphatic rings. The van der Waals surface area contributed by atoms with Gasteiger partial charge in [-0.05, 0) is 48.4 Å². The van der Waals surface area contributed by atoms with Crippen molar-refractivity contribution in [3.63, 3.8) is 0 Å². The standard InChI is InChI=1S/C19H17N3OS/c1-12-2-7-15-16(8-12)24-19-17(15)18(21-11-22-19)23-10-14-5-3-13(9-20)4-6-14/h3-6,11-12H,2,7-8,10H2,1H3/t12-/m1/s1. The Morgan fingerprint density at radius 1 is 1.29 bits per heavy atom. The van der Waals surface area contributed by atoms with E-state index in [0.717, 1.165) is 34.5 Å². The van der Waals surface area contributed by atoms with Gasteiger partial charge < -0.3 is 4.74 Å². The van der Waals surface area contributed by atoms with Crippen molar-refractivity contribution in [3.8, 4) is 11.9 Å². The van der Waals surface area contributed by atoms with Crippen LogP contribution in [0.3, 0.4) is 0 Å². The number of nitrogens with zero attached hydrogens (tertiary/aromatic N) is 3. The predicted molar refractivity (Wildman–Crippen MR) is 94.1 cm³/mol. The third-order valence-corrected chi connectivity index (χ3v) is 5.68. The maximum atomic E-state index is 8.87. The van der Waals surface area contributed by atoms with E-state index in [1.807, 2.05) is 24.3 Å². The van der Waals surface area contributed by atoms with Gasteiger partial charge in [-0.25, -0.2) is 9.97 Å². The number of fused-ring (bicyclic) bond motifs is 3. The predicted octanol–water partition coefficient (Wildman–Crippen LogP) is 4.27. The highest BCUT2D eigenvalue weighted by Gasteiger charge is 2.23. The summed E-state index contributed by atoms with van der Waals surface area (Å²) in [6, 6.07) is 9.58. The molecule has 0 radical (unpaired) electrons. The largest absolute Gasteiger partial charge is 0.472 e. The van der Waals surface area contributed by atoms with Crippen LogP contribution in [0, 0.1) is 17.2 Å². The van der Waals surface area contributed by atoms with Crippen molar-refractivity contribution < 1.29 is 4.74 Å². The second-order valence-corrected chi connectivity index (χ2v) is 7.39. The smallest absolute Gasteiger partial charge is 0.225 e. The highest BCUT2D eigenvalue weighted by Crippen LogP contribution is 2.40. The molecule has 24 heavy (non-hydrogen) atoms. The summed E-state index contributed by atoms with van der Waals surface area (Å²) in [5.41, 5.74) is 3.06. The van der Waals surface area contributed by atoms with Crippen LogP contribution in [0.4, 0.5) is 0 Å². The van der Waals surface area contributed by atoms with Gasteiger partial charge in [0.2, 0.25) is 5.88 Å². The molecule has 0 unspecified atom stereocenters. The molecule has 2 aromatic heterocycles. The zero-order valence-electron chi connectivity index (χ0n) is 13.5. The molecule has 0 saturated carbocycles. The molecule has 1 aliphatic carbocycles. The average Bonchev–Trinajstić information content (AvgIpc) is 2.98. The lowest BCUT2D eigenvalue weighted by atomic mass is 9.89. The van der Waals surface area contributed by atoms with Crippen LogP contribution in [0.1, 0.15) is 34.9 Å². The molecule has 0 bridgehead atoms. The van der Waals surface area contributed by atoms with Crippen molar-refractivity contribution in [1.29, 1.82) is 5.26 Å². The maximum Gasteiger partial charge on any atom is 0.225 e. The molecule has 3 aromatic rings. The van der Waals surface area contributed by atoms with Crippen LogP contribution in [0.25, 0.3) is 10.2 Å². The summed E-state index contributed by atoms with van der Waals surface area (Å²) in [6.45, 7) is 2.75. The number of nitriles is 1. The van der Waals surface area contributed by atoms with E-state index < -0.39 is 0 Å². The SMILES string of the molecule is C[C@@H]1CCc2c(sc3ncnc(OCc4ccc(C#N)cc4)c23)C1. The van der Waals surface area contributed by atoms with Crippen molar-refractivity contribution in [3.05, 3.63) is 52.2 Å². The minimum Gasteiger partial charge on any atom is -0.472 e. The van der Waals surface area contributed by atoms with Crippen LogP contribution in [-0.2, 0) is 19.4 Å². The monoisotopic (exact) mass is 335 g/mol. The zero-order valence-corrected chi connectivity index (χ0v) is 14.3. The lowest BCUT2D eigenvalue weighted by Crippen LogP contribution is -2.09. The van der Waals surface area contributed by atoms with Crippen molar-refractivity contribution in [1.82, 2.24) is 9.97 Å². The van der Waals surface area contributed by atoms with Crippen molar-refractivity contribution >= 4 is 21.6 Å². The Bertz CT molecular complexity index is 924. The molecule has 4 rings (SSSR count). The molecule has 0 fully saturated rings. The second-order valence-electron chi connectivity index (χ2n) is 6.31. The van der Waals surface area contributed by atoms with Crippen molar-refractivity contribution in [2.45, 2.75) is 32.8 Å². The maximum absolute atomic E-state index is 8.87. The number of benzene rings is 1. The molecular formula is C19H17N3OS. The zero-order chi connectivity index (χ0) is 16.5. The van der Waals surface area contributed by atoms with E-state index in [9.17, 15) is 0 Å². The van der Waals surface area contributed by atoms with Crippen molar-refractivity contribution in [2.75, 3.05) is 0 Å². The van der Waals surface area contributed by atoms with Crippen LogP contribution in [0.5, 0.6) is 5.88 Å². The topological polar surface area (TPSA) is 58.8 Å². The van der Waals surface area contributed by atoms with E-state index in [2.05, 4.69) is 23.0 Å². The first kappa shape index (κ1) is 15.1. The quantitative estimate of drug-likeness (QED) is 0.717. The number of hydrogen-bond donors (Lipinski definition) is 0. The third-order valence-electron chi connectivity index (χ3n) is 4.52. The van der Waals surface area contributed by atoms with E-state index in [0.29, 0.717) is 18.1 Å². The number of aryl methyl sites for hydroxylation is 1. The Morgan fingerprint density at radius 3 is 2.92 bits per heavy atom. The molecule has 4 nitrogen and oxygen atoms in total. The summed E-state index contributed by atoms with van der Waals surface area (Å²) in [6.07, 6.45) is 5.01. The highest BCUT2D eigenvalue weighted by molar-refractivity contribution is 7.18. The first-order chi connectivity index (χ1) is 11.7. The molecule has 120 valence electrons. The van der Waals surface area contributed by atoms with Gasteiger partial charge in [-0.2, -0.15) is 5.26 Å². The molecular weight excluding hydrogens is 318 g/mol. The van der Waals surface area contributed by atoms with E-state index in [-0.39, 0.29) is 0 Å². The summed E-state index contributed by atoms with van der Waals surface area (Å²) in [7, 11) is 0. The molecule has 1 aromatic carbocycles. The summed E-state index contributed by atoms with van der Waals surface area (Å²) in [4.78, 5) is 11.3. The van der Waals surface area contributed by atoms with E-state index in [4.69, 9.17) is 10.00 Å². The van der Waals surface area contributed by atoms with Crippen LogP contribution in [0.2, 0.25) is 0 Å². The number of ether oxygens (including phenoxy) is 1. The van der Waals surface area contributed by atoms with Gasteiger partial charge in [-0.1, -0.05) is 19.1 Å². The van der Waals surface area contributed by atoms with Crippen molar-refractivity contribution in [2.24, 2.45) is 5.92 Å². The molecule has 0 aliphatic heterocycles. The van der Waals surface area contributed by atoms with Crippen LogP contribution < -0.4 is 4.74 Å². The fourth-order valence-corrected chi connectivity index (χ4v) is 4.52. The Morgan fingerprint density at radius 2 is 2.12 bits per heavy atom. The van der Waals surface area contributed by atoms with Gasteiger partial charge in [0.05, 0.1) is 17.0 Å². The van der Waals surface area contributed by atoms with Gasteiger partial charge in [-0.3, -0.25) is 0 Å². The first-order valence-corrected chi connectivity index (χ1v) is 8.93. The Hall–Kier alpha value is -2.45. The Kier molecular flexibility index (Phi) is 3.91. The molecule has 1 atom stereocenters. The minimum absolute atomic E-state index is 0.443. The van der Waals surface area contributed by atoms with E-state index in [1.165, 1.54) is 16.9 Å². The van der Waals surface area contributed by atoms with E-state index in [1.54, 1.807) is 17.7 Å². The second kappa shape index (κ2) is 6.21. The summed E-state index contributed by atoms with van der Waals surface area (Å²) >= 11 is 1.78. The molecule has 5 heteroatoms. The van der Waals surface area contributed by atoms with Crippen LogP contribution >= 0.6 is 11.3 Å². The van der Waals surface area contributed by atoms with Gasteiger partial charge in [0.25, 0.3) is 0 Å². The average molecular weight is 335 g/mol. The normalized spacial score (nSPS) is 16.6. The number of aromatic nitrogens is 2. The van der Waals surface area contributed by atoms with Gasteiger partial charge in [0, 0.05) is 4.88 Å². The minimum atomic E-state index is 0.443. The molecule has 0 amide bonds. The van der Waals surface area contributed by atoms with Crippen LogP contribution in [0.15, 0.2) is 30.6 Å². The first-order valence-electron chi connectivity index (χ1n) is 8.11. The third kappa shape index (κ3) is 2.74. The number of hydrogen-bond acceptors (Lipinski definition) is 5. The Labute approximate surface area is 144 Å². The molecule has 2 heterocycles. The summed E-state index contributed by atoms with van der Waals surface area (Å²) in [5, 5.41) is 9.96. The number of rotatable bonds is 3. The summed E-state index contributed by atoms with van der Waals surface area (Å²) < 4.78 is 6.00. The lowest BCUT2D eigenvalue weighted by molar-refractivity contribution is 0.297. The molecule has 0 N–H and O–H groups in total. The lowest BCUT2D eigenvalue weighted by Gasteiger charge is -2.18. The fourth-order valence-electron chi connectivity index (χ4n) is 3.18. The van der Waals surface area contributed by atoms with E-state index >= 15 is 0 Å². The van der Waals surface area contributed by atoms with Gasteiger partial charge in [0.15, 0.2) is 0 Å². The number of thiophene rings is 1. The summed E-state index contributed by atoms with van der Waals surface area (Å²) in [5.74, 6) is 1.41. The molecule has 0 saturated heterocycles. The Balaban J connectivity index is 1.63. The van der Waals surface area contributed by atoms with Crippen LogP contribution in [-0.4, -0.2) is 9.97 Å². The highest BCUT2D eigenvalue weighted by atomic mass is 32.1. The van der Waals surface area contributed by atoms with Gasteiger partial charge in [-0.15, -0.1) is 11.3 Å². The fraction of sp³-hybridized carbons (Fsp3) is 0.316. The molecule has 0 spiro atoms.